The molecule has 2 aromatic rings. The van der Waals surface area contributed by atoms with E-state index in [1.807, 2.05) is 0 Å². The van der Waals surface area contributed by atoms with Gasteiger partial charge in [-0.25, -0.2) is 4.79 Å². The monoisotopic (exact) mass is 308 g/mol. The van der Waals surface area contributed by atoms with Gasteiger partial charge in [-0.15, -0.1) is 0 Å². The van der Waals surface area contributed by atoms with Crippen LogP contribution in [0.5, 0.6) is 0 Å². The van der Waals surface area contributed by atoms with E-state index in [-0.39, 0.29) is 16.2 Å². The third-order valence-electron chi connectivity index (χ3n) is 3.01. The van der Waals surface area contributed by atoms with Crippen LogP contribution in [0.3, 0.4) is 0 Å². The van der Waals surface area contributed by atoms with Gasteiger partial charge >= 0.3 is 5.97 Å². The Kier molecular flexibility index (Phi) is 4.58. The van der Waals surface area contributed by atoms with E-state index in [9.17, 15) is 4.79 Å². The van der Waals surface area contributed by atoms with E-state index in [2.05, 4.69) is 0 Å². The van der Waals surface area contributed by atoms with Crippen LogP contribution >= 0.6 is 11.6 Å². The minimum atomic E-state index is -1.12. The molecule has 106 valence electrons. The molecule has 2 rings (SSSR count). The van der Waals surface area contributed by atoms with E-state index < -0.39 is 5.97 Å². The fourth-order valence-corrected chi connectivity index (χ4v) is 2.19. The summed E-state index contributed by atoms with van der Waals surface area (Å²) in [5, 5.41) is 27.0. The second-order valence-electron chi connectivity index (χ2n) is 4.37. The summed E-state index contributed by atoms with van der Waals surface area (Å²) in [7, 11) is 0. The Labute approximate surface area is 132 Å². The third-order valence-corrected chi connectivity index (χ3v) is 3.34. The number of rotatable bonds is 3. The first kappa shape index (κ1) is 15.3. The van der Waals surface area contributed by atoms with Gasteiger partial charge in [-0.1, -0.05) is 41.9 Å². The van der Waals surface area contributed by atoms with Crippen molar-refractivity contribution in [2.45, 2.75) is 0 Å². The number of hydrogen-bond donors (Lipinski definition) is 1. The van der Waals surface area contributed by atoms with Crippen molar-refractivity contribution in [3.63, 3.8) is 0 Å². The average Bonchev–Trinajstić information content (AvgIpc) is 2.53. The Hall–Kier alpha value is -3.08. The van der Waals surface area contributed by atoms with Gasteiger partial charge in [0.2, 0.25) is 0 Å². The van der Waals surface area contributed by atoms with E-state index in [1.54, 1.807) is 42.5 Å². The number of hydrogen-bond acceptors (Lipinski definition) is 3. The van der Waals surface area contributed by atoms with E-state index >= 15 is 0 Å². The summed E-state index contributed by atoms with van der Waals surface area (Å²) in [6.07, 6.45) is 1.46. The number of allylic oxidation sites excluding steroid dienone is 1. The Morgan fingerprint density at radius 2 is 1.82 bits per heavy atom. The van der Waals surface area contributed by atoms with Gasteiger partial charge in [-0.05, 0) is 34.9 Å². The molecule has 5 heteroatoms. The smallest absolute Gasteiger partial charge is 0.337 e. The number of nitriles is 2. The van der Waals surface area contributed by atoms with Crippen molar-refractivity contribution in [1.29, 1.82) is 10.5 Å². The van der Waals surface area contributed by atoms with Crippen LogP contribution in [0, 0.1) is 22.7 Å². The maximum Gasteiger partial charge on any atom is 0.337 e. The summed E-state index contributed by atoms with van der Waals surface area (Å²) < 4.78 is 0. The Morgan fingerprint density at radius 3 is 2.45 bits per heavy atom. The normalized spacial score (nSPS) is 9.41. The molecule has 2 aromatic carbocycles. The molecule has 0 spiro atoms. The molecule has 0 fully saturated rings. The fraction of sp³-hybridized carbons (Fsp3) is 0. The second kappa shape index (κ2) is 6.58. The van der Waals surface area contributed by atoms with Crippen molar-refractivity contribution < 1.29 is 9.90 Å². The van der Waals surface area contributed by atoms with Gasteiger partial charge in [0.15, 0.2) is 0 Å². The molecular weight excluding hydrogens is 300 g/mol. The van der Waals surface area contributed by atoms with E-state index in [0.717, 1.165) is 0 Å². The molecule has 0 heterocycles. The lowest BCUT2D eigenvalue weighted by molar-refractivity contribution is 0.0697. The third kappa shape index (κ3) is 3.15. The number of nitrogens with zero attached hydrogens (tertiary/aromatic N) is 2. The molecule has 0 radical (unpaired) electrons. The molecule has 0 aromatic heterocycles. The van der Waals surface area contributed by atoms with Crippen molar-refractivity contribution in [2.24, 2.45) is 0 Å². The van der Waals surface area contributed by atoms with Gasteiger partial charge in [0.05, 0.1) is 10.6 Å². The molecule has 0 saturated heterocycles. The first-order chi connectivity index (χ1) is 10.6. The standard InChI is InChI=1S/C17H9ClN2O2/c18-16-6-5-13(8-15(16)17(21)22)14-4-2-1-3-12(14)7-11(9-19)10-20/h1-8H,(H,21,22). The minimum Gasteiger partial charge on any atom is -0.478 e. The van der Waals surface area contributed by atoms with Crippen LogP contribution < -0.4 is 0 Å². The molecule has 0 aliphatic rings. The highest BCUT2D eigenvalue weighted by molar-refractivity contribution is 6.33. The summed E-state index contributed by atoms with van der Waals surface area (Å²) in [6, 6.07) is 15.4. The zero-order valence-corrected chi connectivity index (χ0v) is 12.0. The summed E-state index contributed by atoms with van der Waals surface area (Å²) in [6.45, 7) is 0. The quantitative estimate of drug-likeness (QED) is 0.864. The summed E-state index contributed by atoms with van der Waals surface area (Å²) in [5.41, 5.74) is 1.98. The molecule has 22 heavy (non-hydrogen) atoms. The van der Waals surface area contributed by atoms with Crippen molar-refractivity contribution in [3.05, 3.63) is 64.2 Å². The number of carboxylic acids is 1. The van der Waals surface area contributed by atoms with Crippen LogP contribution in [0.1, 0.15) is 15.9 Å². The predicted octanol–water partition coefficient (Wildman–Crippen LogP) is 4.14. The second-order valence-corrected chi connectivity index (χ2v) is 4.78. The van der Waals surface area contributed by atoms with Crippen LogP contribution in [-0.2, 0) is 0 Å². The number of carboxylic acid groups (broad SMARTS) is 1. The number of carbonyl (C=O) groups is 1. The highest BCUT2D eigenvalue weighted by Gasteiger charge is 2.12. The summed E-state index contributed by atoms with van der Waals surface area (Å²) in [5.74, 6) is -1.12. The Balaban J connectivity index is 2.63. The van der Waals surface area contributed by atoms with E-state index in [1.165, 1.54) is 18.2 Å². The summed E-state index contributed by atoms with van der Waals surface area (Å²) in [4.78, 5) is 11.2. The molecule has 0 amide bonds. The van der Waals surface area contributed by atoms with E-state index in [4.69, 9.17) is 27.2 Å². The highest BCUT2D eigenvalue weighted by atomic mass is 35.5. The largest absolute Gasteiger partial charge is 0.478 e. The van der Waals surface area contributed by atoms with Gasteiger partial charge in [-0.2, -0.15) is 10.5 Å². The lowest BCUT2D eigenvalue weighted by atomic mass is 9.97. The van der Waals surface area contributed by atoms with Gasteiger partial charge in [0.25, 0.3) is 0 Å². The van der Waals surface area contributed by atoms with Gasteiger partial charge in [0.1, 0.15) is 17.7 Å². The topological polar surface area (TPSA) is 84.9 Å². The zero-order valence-electron chi connectivity index (χ0n) is 11.2. The molecule has 1 N–H and O–H groups in total. The fourth-order valence-electron chi connectivity index (χ4n) is 1.99. The van der Waals surface area contributed by atoms with Gasteiger partial charge < -0.3 is 5.11 Å². The molecule has 0 aliphatic heterocycles. The molecule has 4 nitrogen and oxygen atoms in total. The van der Waals surface area contributed by atoms with Gasteiger partial charge in [-0.3, -0.25) is 0 Å². The van der Waals surface area contributed by atoms with Crippen LogP contribution in [0.2, 0.25) is 5.02 Å². The minimum absolute atomic E-state index is 0.00117. The predicted molar refractivity (Wildman–Crippen MR) is 83.1 cm³/mol. The molecular formula is C17H9ClN2O2. The van der Waals surface area contributed by atoms with Crippen LogP contribution in [-0.4, -0.2) is 11.1 Å². The lowest BCUT2D eigenvalue weighted by Crippen LogP contribution is -1.98. The maximum absolute atomic E-state index is 11.2. The lowest BCUT2D eigenvalue weighted by Gasteiger charge is -2.08. The zero-order chi connectivity index (χ0) is 16.1. The van der Waals surface area contributed by atoms with Crippen molar-refractivity contribution in [2.75, 3.05) is 0 Å². The van der Waals surface area contributed by atoms with Crippen molar-refractivity contribution in [3.8, 4) is 23.3 Å². The molecule has 0 saturated carbocycles. The number of halogens is 1. The highest BCUT2D eigenvalue weighted by Crippen LogP contribution is 2.29. The molecule has 0 aliphatic carbocycles. The average molecular weight is 309 g/mol. The SMILES string of the molecule is N#CC(C#N)=Cc1ccccc1-c1ccc(Cl)c(C(=O)O)c1. The van der Waals surface area contributed by atoms with Crippen molar-refractivity contribution in [1.82, 2.24) is 0 Å². The Bertz CT molecular complexity index is 842. The summed E-state index contributed by atoms with van der Waals surface area (Å²) >= 11 is 5.87. The number of benzene rings is 2. The molecule has 0 atom stereocenters. The van der Waals surface area contributed by atoms with Gasteiger partial charge in [0, 0.05) is 0 Å². The number of aromatic carboxylic acids is 1. The maximum atomic E-state index is 11.2. The van der Waals surface area contributed by atoms with Crippen molar-refractivity contribution >= 4 is 23.6 Å². The van der Waals surface area contributed by atoms with Crippen LogP contribution in [0.4, 0.5) is 0 Å². The van der Waals surface area contributed by atoms with Crippen LogP contribution in [0.25, 0.3) is 17.2 Å². The Morgan fingerprint density at radius 1 is 1.14 bits per heavy atom. The van der Waals surface area contributed by atoms with E-state index in [0.29, 0.717) is 16.7 Å². The molecule has 0 bridgehead atoms. The first-order valence-corrected chi connectivity index (χ1v) is 6.58. The van der Waals surface area contributed by atoms with Crippen LogP contribution in [0.15, 0.2) is 48.0 Å². The molecule has 0 unspecified atom stereocenters. The first-order valence-electron chi connectivity index (χ1n) is 6.21.